The quantitative estimate of drug-likeness (QED) is 0.773. The van der Waals surface area contributed by atoms with Crippen molar-refractivity contribution in [3.05, 3.63) is 11.1 Å². The average Bonchev–Trinajstić information content (AvgIpc) is 2.79. The predicted octanol–water partition coefficient (Wildman–Crippen LogP) is 2.21. The molecule has 2 rings (SSSR count). The molecule has 1 aromatic heterocycles. The van der Waals surface area contributed by atoms with Crippen LogP contribution in [0, 0.1) is 5.92 Å². The molecule has 0 bridgehead atoms. The molecule has 0 spiro atoms. The van der Waals surface area contributed by atoms with Crippen molar-refractivity contribution in [3.63, 3.8) is 0 Å². The predicted molar refractivity (Wildman–Crippen MR) is 68.9 cm³/mol. The monoisotopic (exact) mass is 254 g/mol. The Morgan fingerprint density at radius 3 is 3.12 bits per heavy atom. The number of hydrogen-bond acceptors (Lipinski definition) is 5. The van der Waals surface area contributed by atoms with Gasteiger partial charge >= 0.3 is 0 Å². The Bertz CT molecular complexity index is 386. The summed E-state index contributed by atoms with van der Waals surface area (Å²) in [7, 11) is 2.03. The van der Waals surface area contributed by atoms with Gasteiger partial charge in [0.15, 0.2) is 10.9 Å². The minimum atomic E-state index is 0.0862. The molecule has 1 saturated heterocycles. The molecule has 0 radical (unpaired) electrons. The van der Waals surface area contributed by atoms with Crippen LogP contribution in [0.4, 0.5) is 5.13 Å². The molecule has 4 nitrogen and oxygen atoms in total. The molecule has 17 heavy (non-hydrogen) atoms. The maximum Gasteiger partial charge on any atom is 0.185 e. The lowest BCUT2D eigenvalue weighted by atomic mass is 10.0. The third-order valence-electron chi connectivity index (χ3n) is 2.95. The van der Waals surface area contributed by atoms with E-state index in [0.717, 1.165) is 36.2 Å². The Morgan fingerprint density at radius 1 is 1.71 bits per heavy atom. The lowest BCUT2D eigenvalue weighted by Crippen LogP contribution is -2.30. The molecule has 1 aliphatic rings. The summed E-state index contributed by atoms with van der Waals surface area (Å²) in [6.45, 7) is 4.26. The zero-order chi connectivity index (χ0) is 12.3. The molecule has 2 heterocycles. The number of hydrogen-bond donors (Lipinski definition) is 0. The van der Waals surface area contributed by atoms with Gasteiger partial charge in [-0.3, -0.25) is 4.79 Å². The molecule has 0 N–H and O–H groups in total. The van der Waals surface area contributed by atoms with Gasteiger partial charge in [0.05, 0.1) is 17.7 Å². The summed E-state index contributed by atoms with van der Waals surface area (Å²) in [5.41, 5.74) is 0. The number of carbonyl (C=O) groups is 1. The zero-order valence-corrected chi connectivity index (χ0v) is 11.1. The standard InChI is InChI=1S/C12H18N2O2S/c1-9(15)11-6-13-12(17-11)14(2)7-10-4-3-5-16-8-10/h6,10H,3-5,7-8H2,1-2H3. The van der Waals surface area contributed by atoms with Crippen LogP contribution in [-0.2, 0) is 4.74 Å². The van der Waals surface area contributed by atoms with E-state index in [0.29, 0.717) is 5.92 Å². The fourth-order valence-electron chi connectivity index (χ4n) is 2.02. The third-order valence-corrected chi connectivity index (χ3v) is 4.17. The Labute approximate surface area is 106 Å². The second-order valence-electron chi connectivity index (χ2n) is 4.53. The van der Waals surface area contributed by atoms with Crippen molar-refractivity contribution in [3.8, 4) is 0 Å². The summed E-state index contributed by atoms with van der Waals surface area (Å²) in [5, 5.41) is 0.917. The maximum atomic E-state index is 11.2. The van der Waals surface area contributed by atoms with Crippen LogP contribution in [0.25, 0.3) is 0 Å². The normalized spacial score (nSPS) is 20.2. The molecule has 1 aromatic rings. The van der Waals surface area contributed by atoms with E-state index in [2.05, 4.69) is 9.88 Å². The first-order valence-corrected chi connectivity index (χ1v) is 6.74. The summed E-state index contributed by atoms with van der Waals surface area (Å²) in [5.74, 6) is 0.668. The minimum absolute atomic E-state index is 0.0862. The van der Waals surface area contributed by atoms with Gasteiger partial charge < -0.3 is 9.64 Å². The molecular weight excluding hydrogens is 236 g/mol. The van der Waals surface area contributed by atoms with Crippen LogP contribution >= 0.6 is 11.3 Å². The molecule has 1 unspecified atom stereocenters. The summed E-state index contributed by atoms with van der Waals surface area (Å²) in [6.07, 6.45) is 4.03. The summed E-state index contributed by atoms with van der Waals surface area (Å²) >= 11 is 1.46. The summed E-state index contributed by atoms with van der Waals surface area (Å²) in [6, 6.07) is 0. The number of thiazole rings is 1. The molecule has 1 atom stereocenters. The number of ketones is 1. The fraction of sp³-hybridized carbons (Fsp3) is 0.667. The van der Waals surface area contributed by atoms with Gasteiger partial charge in [-0.25, -0.2) is 4.98 Å². The number of aromatic nitrogens is 1. The highest BCUT2D eigenvalue weighted by molar-refractivity contribution is 7.17. The van der Waals surface area contributed by atoms with E-state index in [4.69, 9.17) is 4.74 Å². The zero-order valence-electron chi connectivity index (χ0n) is 10.3. The first-order valence-electron chi connectivity index (χ1n) is 5.92. The Balaban J connectivity index is 1.93. The number of anilines is 1. The van der Waals surface area contributed by atoms with Crippen LogP contribution in [0.1, 0.15) is 29.4 Å². The van der Waals surface area contributed by atoms with Gasteiger partial charge in [-0.2, -0.15) is 0 Å². The van der Waals surface area contributed by atoms with Crippen molar-refractivity contribution in [1.29, 1.82) is 0 Å². The van der Waals surface area contributed by atoms with Crippen molar-refractivity contribution in [2.45, 2.75) is 19.8 Å². The van der Waals surface area contributed by atoms with E-state index >= 15 is 0 Å². The summed E-state index contributed by atoms with van der Waals surface area (Å²) < 4.78 is 5.46. The van der Waals surface area contributed by atoms with E-state index in [1.807, 2.05) is 7.05 Å². The lowest BCUT2D eigenvalue weighted by molar-refractivity contribution is 0.0576. The van der Waals surface area contributed by atoms with E-state index in [1.165, 1.54) is 17.8 Å². The highest BCUT2D eigenvalue weighted by Gasteiger charge is 2.18. The van der Waals surface area contributed by atoms with Crippen LogP contribution in [0.5, 0.6) is 0 Å². The molecule has 1 aliphatic heterocycles. The number of Topliss-reactive ketones (excluding diaryl/α,β-unsaturated/α-hetero) is 1. The average molecular weight is 254 g/mol. The van der Waals surface area contributed by atoms with Crippen molar-refractivity contribution >= 4 is 22.3 Å². The molecule has 0 amide bonds. The van der Waals surface area contributed by atoms with Gasteiger partial charge in [0.1, 0.15) is 0 Å². The van der Waals surface area contributed by atoms with Gasteiger partial charge in [0.25, 0.3) is 0 Å². The van der Waals surface area contributed by atoms with Gasteiger partial charge in [0, 0.05) is 27.1 Å². The fourth-order valence-corrected chi connectivity index (χ4v) is 2.80. The lowest BCUT2D eigenvalue weighted by Gasteiger charge is -2.26. The van der Waals surface area contributed by atoms with E-state index in [9.17, 15) is 4.79 Å². The molecule has 1 fully saturated rings. The Kier molecular flexibility index (Phi) is 4.12. The highest BCUT2D eigenvalue weighted by Crippen LogP contribution is 2.24. The van der Waals surface area contributed by atoms with Crippen LogP contribution < -0.4 is 4.90 Å². The van der Waals surface area contributed by atoms with Gasteiger partial charge in [-0.1, -0.05) is 11.3 Å². The molecular formula is C12H18N2O2S. The Morgan fingerprint density at radius 2 is 2.53 bits per heavy atom. The second-order valence-corrected chi connectivity index (χ2v) is 5.54. The number of rotatable bonds is 4. The first-order chi connectivity index (χ1) is 8.16. The topological polar surface area (TPSA) is 42.4 Å². The Hall–Kier alpha value is -0.940. The van der Waals surface area contributed by atoms with Gasteiger partial charge in [0.2, 0.25) is 0 Å². The number of ether oxygens (including phenoxy) is 1. The number of carbonyl (C=O) groups excluding carboxylic acids is 1. The molecule has 94 valence electrons. The van der Waals surface area contributed by atoms with Crippen LogP contribution in [0.15, 0.2) is 6.20 Å². The van der Waals surface area contributed by atoms with Crippen molar-refractivity contribution in [2.75, 3.05) is 31.7 Å². The SMILES string of the molecule is CC(=O)c1cnc(N(C)CC2CCCOC2)s1. The maximum absolute atomic E-state index is 11.2. The van der Waals surface area contributed by atoms with E-state index in [-0.39, 0.29) is 5.78 Å². The molecule has 5 heteroatoms. The van der Waals surface area contributed by atoms with Crippen molar-refractivity contribution in [2.24, 2.45) is 5.92 Å². The largest absolute Gasteiger partial charge is 0.381 e. The van der Waals surface area contributed by atoms with Crippen LogP contribution in [0.3, 0.4) is 0 Å². The minimum Gasteiger partial charge on any atom is -0.381 e. The second kappa shape index (κ2) is 5.60. The van der Waals surface area contributed by atoms with Gasteiger partial charge in [-0.05, 0) is 18.8 Å². The first kappa shape index (κ1) is 12.5. The van der Waals surface area contributed by atoms with E-state index in [1.54, 1.807) is 13.1 Å². The smallest absolute Gasteiger partial charge is 0.185 e. The number of nitrogens with zero attached hydrogens (tertiary/aromatic N) is 2. The third kappa shape index (κ3) is 3.26. The van der Waals surface area contributed by atoms with Crippen molar-refractivity contribution in [1.82, 2.24) is 4.98 Å². The summed E-state index contributed by atoms with van der Waals surface area (Å²) in [4.78, 5) is 18.3. The highest BCUT2D eigenvalue weighted by atomic mass is 32.1. The van der Waals surface area contributed by atoms with E-state index < -0.39 is 0 Å². The van der Waals surface area contributed by atoms with Crippen LogP contribution in [0.2, 0.25) is 0 Å². The van der Waals surface area contributed by atoms with Crippen LogP contribution in [-0.4, -0.2) is 37.6 Å². The molecule has 0 saturated carbocycles. The molecule has 0 aliphatic carbocycles. The molecule has 0 aromatic carbocycles. The van der Waals surface area contributed by atoms with Gasteiger partial charge in [-0.15, -0.1) is 0 Å². The van der Waals surface area contributed by atoms with Crippen molar-refractivity contribution < 1.29 is 9.53 Å².